The molecule has 0 saturated heterocycles. The number of hydrogen-bond acceptors (Lipinski definition) is 2. The zero-order valence-electron chi connectivity index (χ0n) is 8.92. The molecular formula is C11H17ClN2. The summed E-state index contributed by atoms with van der Waals surface area (Å²) >= 11 is 5.91. The highest BCUT2D eigenvalue weighted by molar-refractivity contribution is 6.30. The normalized spacial score (nSPS) is 11.3. The second-order valence-corrected chi connectivity index (χ2v) is 4.29. The van der Waals surface area contributed by atoms with E-state index >= 15 is 0 Å². The molecule has 0 fully saturated rings. The van der Waals surface area contributed by atoms with Crippen molar-refractivity contribution in [1.82, 2.24) is 4.90 Å². The van der Waals surface area contributed by atoms with Gasteiger partial charge in [0.1, 0.15) is 0 Å². The molecule has 0 heterocycles. The van der Waals surface area contributed by atoms with Crippen molar-refractivity contribution in [3.63, 3.8) is 0 Å². The number of anilines is 1. The van der Waals surface area contributed by atoms with Crippen LogP contribution < -0.4 is 5.73 Å². The van der Waals surface area contributed by atoms with Gasteiger partial charge in [-0.05, 0) is 44.7 Å². The average Bonchev–Trinajstić information content (AvgIpc) is 2.11. The van der Waals surface area contributed by atoms with Gasteiger partial charge in [-0.2, -0.15) is 0 Å². The minimum absolute atomic E-state index is 0.508. The van der Waals surface area contributed by atoms with Crippen LogP contribution in [-0.2, 0) is 6.54 Å². The summed E-state index contributed by atoms with van der Waals surface area (Å²) in [5, 5.41) is 0.742. The number of nitrogen functional groups attached to an aromatic ring is 1. The number of halogens is 1. The molecule has 14 heavy (non-hydrogen) atoms. The van der Waals surface area contributed by atoms with E-state index in [1.807, 2.05) is 18.2 Å². The number of rotatable bonds is 3. The van der Waals surface area contributed by atoms with E-state index in [1.54, 1.807) is 0 Å². The molecule has 0 unspecified atom stereocenters. The molecule has 1 rings (SSSR count). The molecule has 0 aliphatic carbocycles. The standard InChI is InChI=1S/C11H17ClN2/c1-8(2)14(3)7-9-6-10(12)4-5-11(9)13/h4-6,8H,7,13H2,1-3H3. The van der Waals surface area contributed by atoms with Crippen molar-refractivity contribution in [2.75, 3.05) is 12.8 Å². The molecule has 0 atom stereocenters. The Morgan fingerprint density at radius 2 is 2.07 bits per heavy atom. The molecule has 0 radical (unpaired) electrons. The largest absolute Gasteiger partial charge is 0.398 e. The van der Waals surface area contributed by atoms with Gasteiger partial charge in [0, 0.05) is 23.3 Å². The van der Waals surface area contributed by atoms with Gasteiger partial charge in [0.25, 0.3) is 0 Å². The smallest absolute Gasteiger partial charge is 0.0410 e. The molecule has 0 aliphatic heterocycles. The Balaban J connectivity index is 2.80. The Bertz CT molecular complexity index is 310. The van der Waals surface area contributed by atoms with Gasteiger partial charge in [-0.25, -0.2) is 0 Å². The molecule has 2 nitrogen and oxygen atoms in total. The minimum Gasteiger partial charge on any atom is -0.398 e. The van der Waals surface area contributed by atoms with Gasteiger partial charge in [-0.1, -0.05) is 11.6 Å². The zero-order chi connectivity index (χ0) is 10.7. The Morgan fingerprint density at radius 1 is 1.43 bits per heavy atom. The van der Waals surface area contributed by atoms with Crippen molar-refractivity contribution in [2.45, 2.75) is 26.4 Å². The highest BCUT2D eigenvalue weighted by atomic mass is 35.5. The van der Waals surface area contributed by atoms with Crippen LogP contribution in [0.15, 0.2) is 18.2 Å². The van der Waals surface area contributed by atoms with E-state index in [4.69, 9.17) is 17.3 Å². The first-order valence-corrected chi connectivity index (χ1v) is 5.12. The summed E-state index contributed by atoms with van der Waals surface area (Å²) in [6.45, 7) is 5.14. The quantitative estimate of drug-likeness (QED) is 0.781. The van der Waals surface area contributed by atoms with Crippen LogP contribution in [0.25, 0.3) is 0 Å². The third kappa shape index (κ3) is 2.89. The summed E-state index contributed by atoms with van der Waals surface area (Å²) in [5.41, 5.74) is 7.75. The molecule has 1 aromatic carbocycles. The van der Waals surface area contributed by atoms with E-state index in [2.05, 4.69) is 25.8 Å². The van der Waals surface area contributed by atoms with Gasteiger partial charge in [0.05, 0.1) is 0 Å². The number of nitrogens with zero attached hydrogens (tertiary/aromatic N) is 1. The lowest BCUT2D eigenvalue weighted by Crippen LogP contribution is -2.25. The predicted octanol–water partition coefficient (Wildman–Crippen LogP) is 2.76. The summed E-state index contributed by atoms with van der Waals surface area (Å²) in [6, 6.07) is 6.10. The summed E-state index contributed by atoms with van der Waals surface area (Å²) < 4.78 is 0. The van der Waals surface area contributed by atoms with Crippen LogP contribution in [0.4, 0.5) is 5.69 Å². The lowest BCUT2D eigenvalue weighted by atomic mass is 10.1. The second-order valence-electron chi connectivity index (χ2n) is 3.85. The predicted molar refractivity (Wildman–Crippen MR) is 62.5 cm³/mol. The first-order valence-electron chi connectivity index (χ1n) is 4.75. The third-order valence-electron chi connectivity index (χ3n) is 2.41. The molecular weight excluding hydrogens is 196 g/mol. The first-order chi connectivity index (χ1) is 6.50. The van der Waals surface area contributed by atoms with Crippen LogP contribution in [0, 0.1) is 0 Å². The molecule has 0 aliphatic rings. The Labute approximate surface area is 90.7 Å². The van der Waals surface area contributed by atoms with E-state index in [-0.39, 0.29) is 0 Å². The van der Waals surface area contributed by atoms with Crippen LogP contribution in [0.5, 0.6) is 0 Å². The molecule has 0 saturated carbocycles. The maximum atomic E-state index is 5.91. The van der Waals surface area contributed by atoms with Crippen LogP contribution in [0.2, 0.25) is 5.02 Å². The van der Waals surface area contributed by atoms with E-state index in [9.17, 15) is 0 Å². The monoisotopic (exact) mass is 212 g/mol. The van der Waals surface area contributed by atoms with Gasteiger partial charge < -0.3 is 5.73 Å². The zero-order valence-corrected chi connectivity index (χ0v) is 9.67. The van der Waals surface area contributed by atoms with E-state index < -0.39 is 0 Å². The van der Waals surface area contributed by atoms with Gasteiger partial charge >= 0.3 is 0 Å². The van der Waals surface area contributed by atoms with Crippen LogP contribution in [0.3, 0.4) is 0 Å². The van der Waals surface area contributed by atoms with Crippen molar-refractivity contribution in [1.29, 1.82) is 0 Å². The third-order valence-corrected chi connectivity index (χ3v) is 2.64. The summed E-state index contributed by atoms with van der Waals surface area (Å²) in [5.74, 6) is 0. The molecule has 78 valence electrons. The second kappa shape index (κ2) is 4.67. The minimum atomic E-state index is 0.508. The van der Waals surface area contributed by atoms with Gasteiger partial charge in [0.2, 0.25) is 0 Å². The molecule has 0 aromatic heterocycles. The van der Waals surface area contributed by atoms with Gasteiger partial charge in [-0.15, -0.1) is 0 Å². The van der Waals surface area contributed by atoms with Crippen LogP contribution >= 0.6 is 11.6 Å². The highest BCUT2D eigenvalue weighted by Gasteiger charge is 2.06. The topological polar surface area (TPSA) is 29.3 Å². The van der Waals surface area contributed by atoms with Crippen LogP contribution in [-0.4, -0.2) is 18.0 Å². The highest BCUT2D eigenvalue weighted by Crippen LogP contribution is 2.19. The van der Waals surface area contributed by atoms with Crippen molar-refractivity contribution in [3.8, 4) is 0 Å². The Morgan fingerprint density at radius 3 is 2.64 bits per heavy atom. The number of hydrogen-bond donors (Lipinski definition) is 1. The fourth-order valence-electron chi connectivity index (χ4n) is 1.16. The molecule has 0 bridgehead atoms. The average molecular weight is 213 g/mol. The summed E-state index contributed by atoms with van der Waals surface area (Å²) in [7, 11) is 2.07. The number of nitrogens with two attached hydrogens (primary N) is 1. The number of benzene rings is 1. The van der Waals surface area contributed by atoms with E-state index in [0.29, 0.717) is 6.04 Å². The lowest BCUT2D eigenvalue weighted by Gasteiger charge is -2.21. The van der Waals surface area contributed by atoms with E-state index in [1.165, 1.54) is 0 Å². The molecule has 1 aromatic rings. The molecule has 0 amide bonds. The Kier molecular flexibility index (Phi) is 3.78. The Hall–Kier alpha value is -0.730. The molecule has 2 N–H and O–H groups in total. The van der Waals surface area contributed by atoms with Gasteiger partial charge in [0.15, 0.2) is 0 Å². The summed E-state index contributed by atoms with van der Waals surface area (Å²) in [6.07, 6.45) is 0. The van der Waals surface area contributed by atoms with Crippen LogP contribution in [0.1, 0.15) is 19.4 Å². The molecule has 3 heteroatoms. The maximum absolute atomic E-state index is 5.91. The first kappa shape index (κ1) is 11.3. The fraction of sp³-hybridized carbons (Fsp3) is 0.455. The lowest BCUT2D eigenvalue weighted by molar-refractivity contribution is 0.266. The van der Waals surface area contributed by atoms with Crippen molar-refractivity contribution in [3.05, 3.63) is 28.8 Å². The summed E-state index contributed by atoms with van der Waals surface area (Å²) in [4.78, 5) is 2.22. The van der Waals surface area contributed by atoms with E-state index in [0.717, 1.165) is 22.8 Å². The SMILES string of the molecule is CC(C)N(C)Cc1cc(Cl)ccc1N. The van der Waals surface area contributed by atoms with Crippen molar-refractivity contribution in [2.24, 2.45) is 0 Å². The van der Waals surface area contributed by atoms with Crippen molar-refractivity contribution < 1.29 is 0 Å². The maximum Gasteiger partial charge on any atom is 0.0410 e. The van der Waals surface area contributed by atoms with Crippen molar-refractivity contribution >= 4 is 17.3 Å². The molecule has 0 spiro atoms. The fourth-order valence-corrected chi connectivity index (χ4v) is 1.36. The van der Waals surface area contributed by atoms with Gasteiger partial charge in [-0.3, -0.25) is 4.90 Å².